The first-order valence-corrected chi connectivity index (χ1v) is 8.07. The Hall–Kier alpha value is -1.63. The van der Waals surface area contributed by atoms with Gasteiger partial charge in [0.25, 0.3) is 0 Å². The van der Waals surface area contributed by atoms with E-state index in [4.69, 9.17) is 9.94 Å². The molecule has 21 heavy (non-hydrogen) atoms. The molecule has 1 aromatic rings. The third-order valence-electron chi connectivity index (χ3n) is 3.03. The second-order valence-electron chi connectivity index (χ2n) is 5.61. The zero-order chi connectivity index (χ0) is 16.3. The van der Waals surface area contributed by atoms with Crippen molar-refractivity contribution in [3.63, 3.8) is 0 Å². The van der Waals surface area contributed by atoms with Gasteiger partial charge in [-0.15, -0.1) is 0 Å². The van der Waals surface area contributed by atoms with Crippen LogP contribution in [0.25, 0.3) is 0 Å². The van der Waals surface area contributed by atoms with Gasteiger partial charge >= 0.3 is 0 Å². The SMILES string of the molecule is C/C(=N/O)c1ccc(F)cc1OCCS(=O)(=O)C(C)(C)C. The van der Waals surface area contributed by atoms with Crippen LogP contribution >= 0.6 is 0 Å². The Kier molecular flexibility index (Phi) is 5.33. The average molecular weight is 317 g/mol. The minimum absolute atomic E-state index is 0.102. The molecule has 0 unspecified atom stereocenters. The molecule has 1 rings (SSSR count). The highest BCUT2D eigenvalue weighted by molar-refractivity contribution is 7.92. The molecular formula is C14H20FNO4S. The third-order valence-corrected chi connectivity index (χ3v) is 5.60. The monoisotopic (exact) mass is 317 g/mol. The van der Waals surface area contributed by atoms with Gasteiger partial charge in [-0.1, -0.05) is 5.16 Å². The molecule has 0 saturated carbocycles. The van der Waals surface area contributed by atoms with Gasteiger partial charge in [0.15, 0.2) is 9.84 Å². The van der Waals surface area contributed by atoms with E-state index < -0.39 is 20.4 Å². The first-order chi connectivity index (χ1) is 9.58. The van der Waals surface area contributed by atoms with E-state index in [1.807, 2.05) is 0 Å². The number of nitrogens with zero attached hydrogens (tertiary/aromatic N) is 1. The van der Waals surface area contributed by atoms with Gasteiger partial charge in [0.05, 0.1) is 16.2 Å². The molecular weight excluding hydrogens is 297 g/mol. The lowest BCUT2D eigenvalue weighted by Gasteiger charge is -2.19. The Labute approximate surface area is 124 Å². The molecule has 0 aliphatic rings. The minimum Gasteiger partial charge on any atom is -0.492 e. The van der Waals surface area contributed by atoms with Crippen LogP contribution in [0.3, 0.4) is 0 Å². The fourth-order valence-electron chi connectivity index (χ4n) is 1.54. The zero-order valence-electron chi connectivity index (χ0n) is 12.6. The molecule has 0 aromatic heterocycles. The zero-order valence-corrected chi connectivity index (χ0v) is 13.4. The molecule has 0 saturated heterocycles. The summed E-state index contributed by atoms with van der Waals surface area (Å²) in [6.07, 6.45) is 0. The quantitative estimate of drug-likeness (QED) is 0.514. The molecule has 0 spiro atoms. The average Bonchev–Trinajstić information content (AvgIpc) is 2.36. The van der Waals surface area contributed by atoms with Gasteiger partial charge in [-0.25, -0.2) is 12.8 Å². The van der Waals surface area contributed by atoms with E-state index in [1.165, 1.54) is 19.1 Å². The Morgan fingerprint density at radius 2 is 2.00 bits per heavy atom. The van der Waals surface area contributed by atoms with Crippen LogP contribution in [0.2, 0.25) is 0 Å². The number of hydrogen-bond acceptors (Lipinski definition) is 5. The molecule has 5 nitrogen and oxygen atoms in total. The van der Waals surface area contributed by atoms with Crippen LogP contribution in [0.15, 0.2) is 23.4 Å². The summed E-state index contributed by atoms with van der Waals surface area (Å²) in [5.74, 6) is -0.547. The number of hydrogen-bond donors (Lipinski definition) is 1. The molecule has 0 fully saturated rings. The summed E-state index contributed by atoms with van der Waals surface area (Å²) in [7, 11) is -3.32. The summed E-state index contributed by atoms with van der Waals surface area (Å²) in [5.41, 5.74) is 0.663. The molecule has 0 bridgehead atoms. The van der Waals surface area contributed by atoms with Crippen molar-refractivity contribution in [1.82, 2.24) is 0 Å². The summed E-state index contributed by atoms with van der Waals surface area (Å²) >= 11 is 0. The van der Waals surface area contributed by atoms with Crippen LogP contribution in [0, 0.1) is 5.82 Å². The summed E-state index contributed by atoms with van der Waals surface area (Å²) in [5, 5.41) is 11.8. The van der Waals surface area contributed by atoms with Crippen molar-refractivity contribution in [2.75, 3.05) is 12.4 Å². The Bertz CT molecular complexity index is 633. The molecule has 0 atom stereocenters. The molecule has 0 radical (unpaired) electrons. The van der Waals surface area contributed by atoms with Crippen LogP contribution in [-0.2, 0) is 9.84 Å². The molecule has 0 aliphatic heterocycles. The number of rotatable bonds is 5. The molecule has 7 heteroatoms. The van der Waals surface area contributed by atoms with Gasteiger partial charge in [-0.3, -0.25) is 0 Å². The number of halogens is 1. The molecule has 118 valence electrons. The molecule has 1 N–H and O–H groups in total. The van der Waals surface area contributed by atoms with Gasteiger partial charge in [0.1, 0.15) is 18.2 Å². The summed E-state index contributed by atoms with van der Waals surface area (Å²) < 4.78 is 41.7. The second-order valence-corrected chi connectivity index (χ2v) is 8.47. The number of oxime groups is 1. The maximum absolute atomic E-state index is 13.3. The van der Waals surface area contributed by atoms with Crippen molar-refractivity contribution in [3.8, 4) is 5.75 Å². The third kappa shape index (κ3) is 4.42. The fraction of sp³-hybridized carbons (Fsp3) is 0.500. The van der Waals surface area contributed by atoms with Gasteiger partial charge < -0.3 is 9.94 Å². The van der Waals surface area contributed by atoms with E-state index in [0.717, 1.165) is 6.07 Å². The number of sulfone groups is 1. The van der Waals surface area contributed by atoms with Gasteiger partial charge in [-0.2, -0.15) is 0 Å². The van der Waals surface area contributed by atoms with Crippen LogP contribution < -0.4 is 4.74 Å². The molecule has 0 heterocycles. The summed E-state index contributed by atoms with van der Waals surface area (Å²) in [6, 6.07) is 3.76. The topological polar surface area (TPSA) is 76.0 Å². The van der Waals surface area contributed by atoms with Crippen LogP contribution in [0.1, 0.15) is 33.3 Å². The highest BCUT2D eigenvalue weighted by Gasteiger charge is 2.28. The molecule has 0 amide bonds. The van der Waals surface area contributed by atoms with Crippen molar-refractivity contribution >= 4 is 15.5 Å². The van der Waals surface area contributed by atoms with Gasteiger partial charge in [0.2, 0.25) is 0 Å². The van der Waals surface area contributed by atoms with Crippen molar-refractivity contribution in [3.05, 3.63) is 29.6 Å². The molecule has 1 aromatic carbocycles. The highest BCUT2D eigenvalue weighted by Crippen LogP contribution is 2.22. The standard InChI is InChI=1S/C14H20FNO4S/c1-10(16-17)12-6-5-11(15)9-13(12)20-7-8-21(18,19)14(2,3)4/h5-6,9,17H,7-8H2,1-4H3/b16-10-. The molecule has 0 aliphatic carbocycles. The van der Waals surface area contributed by atoms with E-state index in [-0.39, 0.29) is 23.8 Å². The van der Waals surface area contributed by atoms with Crippen molar-refractivity contribution in [2.24, 2.45) is 5.16 Å². The largest absolute Gasteiger partial charge is 0.492 e. The lowest BCUT2D eigenvalue weighted by molar-refractivity contribution is 0.317. The van der Waals surface area contributed by atoms with E-state index in [9.17, 15) is 12.8 Å². The predicted octanol–water partition coefficient (Wildman–Crippen LogP) is 2.62. The van der Waals surface area contributed by atoms with E-state index >= 15 is 0 Å². The highest BCUT2D eigenvalue weighted by atomic mass is 32.2. The van der Waals surface area contributed by atoms with Gasteiger partial charge in [-0.05, 0) is 39.8 Å². The Morgan fingerprint density at radius 3 is 2.52 bits per heavy atom. The van der Waals surface area contributed by atoms with Crippen LogP contribution in [0.4, 0.5) is 4.39 Å². The minimum atomic E-state index is -3.32. The van der Waals surface area contributed by atoms with E-state index in [1.54, 1.807) is 20.8 Å². The Balaban J connectivity index is 2.88. The number of benzene rings is 1. The Morgan fingerprint density at radius 1 is 1.38 bits per heavy atom. The maximum Gasteiger partial charge on any atom is 0.158 e. The fourth-order valence-corrected chi connectivity index (χ4v) is 2.45. The van der Waals surface area contributed by atoms with Crippen molar-refractivity contribution in [2.45, 2.75) is 32.4 Å². The first-order valence-electron chi connectivity index (χ1n) is 6.42. The normalized spacial score (nSPS) is 13.3. The second kappa shape index (κ2) is 6.43. The van der Waals surface area contributed by atoms with E-state index in [0.29, 0.717) is 5.56 Å². The van der Waals surface area contributed by atoms with Crippen molar-refractivity contribution < 1.29 is 22.8 Å². The van der Waals surface area contributed by atoms with E-state index in [2.05, 4.69) is 5.16 Å². The first kappa shape index (κ1) is 17.4. The maximum atomic E-state index is 13.3. The van der Waals surface area contributed by atoms with Crippen LogP contribution in [0.5, 0.6) is 5.75 Å². The smallest absolute Gasteiger partial charge is 0.158 e. The van der Waals surface area contributed by atoms with Gasteiger partial charge in [0, 0.05) is 11.6 Å². The lowest BCUT2D eigenvalue weighted by Crippen LogP contribution is -2.32. The lowest BCUT2D eigenvalue weighted by atomic mass is 10.1. The van der Waals surface area contributed by atoms with Crippen LogP contribution in [-0.4, -0.2) is 36.4 Å². The summed E-state index contributed by atoms with van der Waals surface area (Å²) in [6.45, 7) is 6.26. The summed E-state index contributed by atoms with van der Waals surface area (Å²) in [4.78, 5) is 0. The van der Waals surface area contributed by atoms with Crippen molar-refractivity contribution in [1.29, 1.82) is 0 Å². The predicted molar refractivity (Wildman–Crippen MR) is 79.4 cm³/mol. The number of ether oxygens (including phenoxy) is 1.